The van der Waals surface area contributed by atoms with Crippen molar-refractivity contribution in [3.8, 4) is 0 Å². The molecule has 3 aromatic carbocycles. The second-order valence-corrected chi connectivity index (χ2v) is 10.3. The van der Waals surface area contributed by atoms with Crippen LogP contribution >= 0.6 is 0 Å². The van der Waals surface area contributed by atoms with E-state index in [1.165, 1.54) is 66.9 Å². The largest absolute Gasteiger partial charge is 0.478 e. The van der Waals surface area contributed by atoms with E-state index in [4.69, 9.17) is 9.47 Å². The predicted octanol–water partition coefficient (Wildman–Crippen LogP) is 5.05. The lowest BCUT2D eigenvalue weighted by Gasteiger charge is -2.26. The van der Waals surface area contributed by atoms with Gasteiger partial charge in [-0.15, -0.1) is 0 Å². The van der Waals surface area contributed by atoms with E-state index < -0.39 is 36.1 Å². The number of carboxylic acid groups (broad SMARTS) is 2. The molecule has 0 aromatic heterocycles. The molecule has 1 heterocycles. The third-order valence-corrected chi connectivity index (χ3v) is 7.03. The number of hydrogen-bond acceptors (Lipinski definition) is 8. The number of ketones is 1. The molecule has 1 fully saturated rings. The van der Waals surface area contributed by atoms with E-state index >= 15 is 0 Å². The second-order valence-electron chi connectivity index (χ2n) is 10.3. The van der Waals surface area contributed by atoms with Gasteiger partial charge < -0.3 is 19.7 Å². The lowest BCUT2D eigenvalue weighted by Crippen LogP contribution is -2.45. The molecular formula is C34H37NO9. The molecule has 0 amide bonds. The highest BCUT2D eigenvalue weighted by atomic mass is 16.6. The van der Waals surface area contributed by atoms with E-state index in [2.05, 4.69) is 18.7 Å². The molecule has 3 aromatic rings. The first-order chi connectivity index (χ1) is 21.1. The standard InChI is InChI=1S/C18H14O8.C16H23NO/c19-15(20)13(25-17(23)11-7-3-1-4-8-11)14(16(21)22)26-18(24)12-9-5-2-6-10-12;1-3-6-15(17-11-4-5-12-17)16(18)14-9-7-13(2)8-10-14/h1-10,13-14H,(H,19,20)(H,21,22);7-10,15H,3-6,11-12H2,1-2H3/t13-,14-;/m0./s1. The Morgan fingerprint density at radius 3 is 1.50 bits per heavy atom. The first kappa shape index (κ1) is 33.7. The number of rotatable bonds is 12. The van der Waals surface area contributed by atoms with Crippen molar-refractivity contribution in [2.45, 2.75) is 57.8 Å². The van der Waals surface area contributed by atoms with Gasteiger partial charge in [0.15, 0.2) is 5.78 Å². The zero-order chi connectivity index (χ0) is 32.1. The molecular weight excluding hydrogens is 566 g/mol. The van der Waals surface area contributed by atoms with Gasteiger partial charge in [0, 0.05) is 5.56 Å². The molecule has 232 valence electrons. The van der Waals surface area contributed by atoms with Crippen LogP contribution in [0.3, 0.4) is 0 Å². The number of hydrogen-bond donors (Lipinski definition) is 2. The monoisotopic (exact) mass is 603 g/mol. The van der Waals surface area contributed by atoms with Gasteiger partial charge in [-0.05, 0) is 63.5 Å². The van der Waals surface area contributed by atoms with Crippen molar-refractivity contribution in [1.82, 2.24) is 4.90 Å². The van der Waals surface area contributed by atoms with Crippen LogP contribution in [0.5, 0.6) is 0 Å². The van der Waals surface area contributed by atoms with Gasteiger partial charge in [-0.1, -0.05) is 79.6 Å². The number of ether oxygens (including phenoxy) is 2. The van der Waals surface area contributed by atoms with Gasteiger partial charge in [-0.25, -0.2) is 19.2 Å². The molecule has 4 rings (SSSR count). The normalized spacial score (nSPS) is 14.7. The number of carbonyl (C=O) groups is 5. The Labute approximate surface area is 256 Å². The molecule has 1 aliphatic rings. The highest BCUT2D eigenvalue weighted by Crippen LogP contribution is 2.20. The van der Waals surface area contributed by atoms with E-state index in [-0.39, 0.29) is 17.2 Å². The van der Waals surface area contributed by atoms with E-state index in [0.717, 1.165) is 31.5 Å². The number of Topliss-reactive ketones (excluding diaryl/α,β-unsaturated/α-hetero) is 1. The molecule has 0 spiro atoms. The van der Waals surface area contributed by atoms with Crippen molar-refractivity contribution in [3.05, 3.63) is 107 Å². The molecule has 1 saturated heterocycles. The van der Waals surface area contributed by atoms with E-state index in [1.54, 1.807) is 12.1 Å². The van der Waals surface area contributed by atoms with Crippen LogP contribution in [0.2, 0.25) is 0 Å². The Bertz CT molecular complexity index is 1330. The summed E-state index contributed by atoms with van der Waals surface area (Å²) in [6, 6.07) is 22.9. The number of aliphatic carboxylic acids is 2. The van der Waals surface area contributed by atoms with Gasteiger partial charge in [0.05, 0.1) is 17.2 Å². The van der Waals surface area contributed by atoms with Gasteiger partial charge in [0.2, 0.25) is 12.2 Å². The summed E-state index contributed by atoms with van der Waals surface area (Å²) in [5, 5.41) is 18.5. The molecule has 0 radical (unpaired) electrons. The maximum absolute atomic E-state index is 12.6. The minimum Gasteiger partial charge on any atom is -0.478 e. The smallest absolute Gasteiger partial charge is 0.349 e. The third kappa shape index (κ3) is 9.60. The minimum absolute atomic E-state index is 0.0253. The van der Waals surface area contributed by atoms with Crippen molar-refractivity contribution >= 4 is 29.7 Å². The number of esters is 2. The molecule has 1 unspecified atom stereocenters. The van der Waals surface area contributed by atoms with Crippen molar-refractivity contribution < 1.29 is 43.7 Å². The molecule has 0 saturated carbocycles. The van der Waals surface area contributed by atoms with Crippen LogP contribution in [0, 0.1) is 6.92 Å². The zero-order valence-electron chi connectivity index (χ0n) is 24.8. The third-order valence-electron chi connectivity index (χ3n) is 7.03. The molecule has 44 heavy (non-hydrogen) atoms. The number of aryl methyl sites for hydroxylation is 1. The van der Waals surface area contributed by atoms with Crippen molar-refractivity contribution in [2.24, 2.45) is 0 Å². The van der Waals surface area contributed by atoms with Crippen LogP contribution in [-0.2, 0) is 19.1 Å². The van der Waals surface area contributed by atoms with Crippen LogP contribution in [0.25, 0.3) is 0 Å². The maximum atomic E-state index is 12.6. The first-order valence-electron chi connectivity index (χ1n) is 14.4. The predicted molar refractivity (Wildman–Crippen MR) is 162 cm³/mol. The number of likely N-dealkylation sites (tertiary alicyclic amines) is 1. The lowest BCUT2D eigenvalue weighted by atomic mass is 9.98. The highest BCUT2D eigenvalue weighted by molar-refractivity contribution is 6.00. The summed E-state index contributed by atoms with van der Waals surface area (Å²) in [5.41, 5.74) is 2.13. The van der Waals surface area contributed by atoms with Crippen LogP contribution in [0.15, 0.2) is 84.9 Å². The molecule has 2 N–H and O–H groups in total. The zero-order valence-corrected chi connectivity index (χ0v) is 24.8. The summed E-state index contributed by atoms with van der Waals surface area (Å²) in [6.07, 6.45) is 0.0922. The van der Waals surface area contributed by atoms with Crippen molar-refractivity contribution in [3.63, 3.8) is 0 Å². The van der Waals surface area contributed by atoms with Gasteiger partial charge >= 0.3 is 23.9 Å². The summed E-state index contributed by atoms with van der Waals surface area (Å²) in [4.78, 5) is 61.8. The summed E-state index contributed by atoms with van der Waals surface area (Å²) in [7, 11) is 0. The quantitative estimate of drug-likeness (QED) is 0.213. The Morgan fingerprint density at radius 1 is 0.682 bits per heavy atom. The van der Waals surface area contributed by atoms with Gasteiger partial charge in [0.1, 0.15) is 0 Å². The summed E-state index contributed by atoms with van der Waals surface area (Å²) in [5.74, 6) is -5.33. The van der Waals surface area contributed by atoms with E-state index in [9.17, 15) is 34.2 Å². The van der Waals surface area contributed by atoms with Gasteiger partial charge in [0.25, 0.3) is 0 Å². The van der Waals surface area contributed by atoms with Gasteiger partial charge in [-0.3, -0.25) is 9.69 Å². The van der Waals surface area contributed by atoms with Crippen LogP contribution in [0.1, 0.15) is 69.2 Å². The fourth-order valence-electron chi connectivity index (χ4n) is 4.72. The average Bonchev–Trinajstić information content (AvgIpc) is 3.57. The fraction of sp³-hybridized carbons (Fsp3) is 0.324. The minimum atomic E-state index is -2.21. The highest BCUT2D eigenvalue weighted by Gasteiger charge is 2.41. The maximum Gasteiger partial charge on any atom is 0.349 e. The van der Waals surface area contributed by atoms with Gasteiger partial charge in [-0.2, -0.15) is 0 Å². The molecule has 0 aliphatic carbocycles. The molecule has 3 atom stereocenters. The molecule has 10 heteroatoms. The van der Waals surface area contributed by atoms with Crippen LogP contribution < -0.4 is 0 Å². The number of carbonyl (C=O) groups excluding carboxylic acids is 3. The average molecular weight is 604 g/mol. The summed E-state index contributed by atoms with van der Waals surface area (Å²) in [6.45, 7) is 6.38. The van der Waals surface area contributed by atoms with Crippen LogP contribution in [-0.4, -0.2) is 76.1 Å². The Kier molecular flexibility index (Phi) is 12.8. The Morgan fingerprint density at radius 2 is 1.11 bits per heavy atom. The number of nitrogens with zero attached hydrogens (tertiary/aromatic N) is 1. The molecule has 1 aliphatic heterocycles. The van der Waals surface area contributed by atoms with Crippen molar-refractivity contribution in [1.29, 1.82) is 0 Å². The van der Waals surface area contributed by atoms with E-state index in [1.807, 2.05) is 24.3 Å². The second kappa shape index (κ2) is 16.7. The first-order valence-corrected chi connectivity index (χ1v) is 14.4. The molecule has 0 bridgehead atoms. The Hall–Kier alpha value is -4.83. The lowest BCUT2D eigenvalue weighted by molar-refractivity contribution is -0.166. The fourth-order valence-corrected chi connectivity index (χ4v) is 4.72. The summed E-state index contributed by atoms with van der Waals surface area (Å²) < 4.78 is 9.52. The van der Waals surface area contributed by atoms with E-state index in [0.29, 0.717) is 5.78 Å². The SMILES string of the molecule is CCCC(C(=O)c1ccc(C)cc1)N1CCCC1.O=C(O[C@H](C(=O)O)[C@H](OC(=O)c1ccccc1)C(=O)O)c1ccccc1. The topological polar surface area (TPSA) is 148 Å². The van der Waals surface area contributed by atoms with Crippen molar-refractivity contribution in [2.75, 3.05) is 13.1 Å². The summed E-state index contributed by atoms with van der Waals surface area (Å²) >= 11 is 0. The molecule has 10 nitrogen and oxygen atoms in total. The number of benzene rings is 3. The number of carboxylic acids is 2. The van der Waals surface area contributed by atoms with Crippen LogP contribution in [0.4, 0.5) is 0 Å². The Balaban J connectivity index is 0.000000257.